The summed E-state index contributed by atoms with van der Waals surface area (Å²) < 4.78 is 38.2. The van der Waals surface area contributed by atoms with Gasteiger partial charge in [-0.25, -0.2) is 5.48 Å². The number of aliphatic hydroxyl groups excluding tert-OH is 9. The van der Waals surface area contributed by atoms with E-state index in [1.54, 1.807) is 0 Å². The van der Waals surface area contributed by atoms with E-state index < -0.39 is 111 Å². The molecule has 228 valence electrons. The second-order valence-corrected chi connectivity index (χ2v) is 9.81. The van der Waals surface area contributed by atoms with Crippen LogP contribution >= 0.6 is 0 Å². The third kappa shape index (κ3) is 6.69. The van der Waals surface area contributed by atoms with Crippen molar-refractivity contribution >= 4 is 0 Å². The molecule has 4 heterocycles. The number of hydrogen-bond acceptors (Lipinski definition) is 18. The van der Waals surface area contributed by atoms with E-state index in [2.05, 4.69) is 0 Å². The van der Waals surface area contributed by atoms with Gasteiger partial charge in [0.05, 0.1) is 26.4 Å². The molecular formula is C21H37NO17. The van der Waals surface area contributed by atoms with Crippen molar-refractivity contribution < 1.29 is 84.3 Å². The number of aliphatic hydroxyl groups is 9. The molecule has 0 bridgehead atoms. The first kappa shape index (κ1) is 31.2. The summed E-state index contributed by atoms with van der Waals surface area (Å²) in [5.74, 6) is 0. The Hall–Kier alpha value is -0.720. The van der Waals surface area contributed by atoms with E-state index in [4.69, 9.17) is 38.4 Å². The highest BCUT2D eigenvalue weighted by molar-refractivity contribution is 4.93. The van der Waals surface area contributed by atoms with Crippen LogP contribution in [0.1, 0.15) is 0 Å². The van der Waals surface area contributed by atoms with Gasteiger partial charge >= 0.3 is 0 Å². The summed E-state index contributed by atoms with van der Waals surface area (Å²) >= 11 is 0. The summed E-state index contributed by atoms with van der Waals surface area (Å²) in [7, 11) is 0. The van der Waals surface area contributed by atoms with E-state index >= 15 is 0 Å². The molecule has 0 aliphatic carbocycles. The molecule has 18 nitrogen and oxygen atoms in total. The maximum Gasteiger partial charge on any atom is 0.187 e. The fraction of sp³-hybridized carbons (Fsp3) is 1.00. The van der Waals surface area contributed by atoms with Gasteiger partial charge in [0.15, 0.2) is 18.9 Å². The Morgan fingerprint density at radius 2 is 1.15 bits per heavy atom. The minimum absolute atomic E-state index is 0.153. The maximum atomic E-state index is 10.7. The normalized spacial score (nSPS) is 51.2. The van der Waals surface area contributed by atoms with E-state index in [0.29, 0.717) is 0 Å². The number of rotatable bonds is 9. The molecule has 4 rings (SSSR count). The fourth-order valence-electron chi connectivity index (χ4n) is 4.76. The molecule has 7 unspecified atom stereocenters. The first-order valence-corrected chi connectivity index (χ1v) is 12.5. The third-order valence-electron chi connectivity index (χ3n) is 7.15. The molecule has 0 spiro atoms. The van der Waals surface area contributed by atoms with Crippen LogP contribution in [0.15, 0.2) is 0 Å². The summed E-state index contributed by atoms with van der Waals surface area (Å²) in [6.45, 7) is -1.78. The summed E-state index contributed by atoms with van der Waals surface area (Å²) in [5, 5.41) is 100. The zero-order valence-electron chi connectivity index (χ0n) is 20.6. The van der Waals surface area contributed by atoms with E-state index in [1.165, 1.54) is 0 Å². The van der Waals surface area contributed by atoms with Gasteiger partial charge in [-0.2, -0.15) is 0 Å². The topological polar surface area (TPSA) is 279 Å². The van der Waals surface area contributed by atoms with E-state index in [1.807, 2.05) is 5.48 Å². The van der Waals surface area contributed by atoms with Gasteiger partial charge in [0.2, 0.25) is 0 Å². The SMILES string of the molecule is OC[C@@H]1O[C@@H](O[C@H]2C(O)[C@H](O)CO[C@H]2O[C@@H]2CO[C@@H](O[C@@H]3CO[C@@H](CNO)C(O)C3O)C(O)C2O)C(O)C1O. The molecule has 4 aliphatic rings. The zero-order chi connectivity index (χ0) is 28.4. The molecule has 11 N–H and O–H groups in total. The smallest absolute Gasteiger partial charge is 0.187 e. The molecule has 4 saturated heterocycles. The molecule has 4 fully saturated rings. The third-order valence-corrected chi connectivity index (χ3v) is 7.15. The highest BCUT2D eigenvalue weighted by Gasteiger charge is 2.51. The largest absolute Gasteiger partial charge is 0.394 e. The number of ether oxygens (including phenoxy) is 7. The lowest BCUT2D eigenvalue weighted by atomic mass is 9.99. The molecular weight excluding hydrogens is 538 g/mol. The van der Waals surface area contributed by atoms with Crippen molar-refractivity contribution in [3.8, 4) is 0 Å². The minimum atomic E-state index is -1.72. The highest BCUT2D eigenvalue weighted by Crippen LogP contribution is 2.31. The Balaban J connectivity index is 1.35. The lowest BCUT2D eigenvalue weighted by Crippen LogP contribution is -2.62. The Morgan fingerprint density at radius 3 is 1.79 bits per heavy atom. The number of nitrogens with one attached hydrogen (secondary N) is 1. The lowest BCUT2D eigenvalue weighted by molar-refractivity contribution is -0.356. The van der Waals surface area contributed by atoms with Crippen LogP contribution in [0.5, 0.6) is 0 Å². The van der Waals surface area contributed by atoms with Crippen molar-refractivity contribution in [2.45, 2.75) is 98.2 Å². The minimum Gasteiger partial charge on any atom is -0.394 e. The molecule has 0 aromatic heterocycles. The van der Waals surface area contributed by atoms with Gasteiger partial charge in [-0.3, -0.25) is 0 Å². The average molecular weight is 576 g/mol. The number of hydroxylamine groups is 1. The molecule has 0 aromatic rings. The van der Waals surface area contributed by atoms with Crippen LogP contribution in [-0.4, -0.2) is 182 Å². The van der Waals surface area contributed by atoms with Crippen LogP contribution in [0.3, 0.4) is 0 Å². The predicted molar refractivity (Wildman–Crippen MR) is 117 cm³/mol. The Kier molecular flexibility index (Phi) is 10.8. The summed E-state index contributed by atoms with van der Waals surface area (Å²) in [6, 6.07) is 0. The number of hydrogen-bond donors (Lipinski definition) is 11. The molecule has 0 saturated carbocycles. The summed E-state index contributed by atoms with van der Waals surface area (Å²) in [5.41, 5.74) is 1.83. The van der Waals surface area contributed by atoms with E-state index in [-0.39, 0.29) is 19.8 Å². The van der Waals surface area contributed by atoms with Crippen LogP contribution in [0.4, 0.5) is 0 Å². The van der Waals surface area contributed by atoms with Gasteiger partial charge in [-0.15, -0.1) is 0 Å². The van der Waals surface area contributed by atoms with Crippen molar-refractivity contribution in [2.75, 3.05) is 33.0 Å². The summed E-state index contributed by atoms with van der Waals surface area (Å²) in [4.78, 5) is 0. The van der Waals surface area contributed by atoms with Crippen molar-refractivity contribution in [1.82, 2.24) is 5.48 Å². The quantitative estimate of drug-likeness (QED) is 0.114. The second kappa shape index (κ2) is 13.5. The summed E-state index contributed by atoms with van der Waals surface area (Å²) in [6.07, 6.45) is -22.9. The molecule has 0 radical (unpaired) electrons. The molecule has 18 heteroatoms. The van der Waals surface area contributed by atoms with Crippen molar-refractivity contribution in [1.29, 1.82) is 0 Å². The van der Waals surface area contributed by atoms with Crippen LogP contribution in [0.2, 0.25) is 0 Å². The van der Waals surface area contributed by atoms with Gasteiger partial charge in [0, 0.05) is 6.54 Å². The molecule has 39 heavy (non-hydrogen) atoms. The highest BCUT2D eigenvalue weighted by atomic mass is 16.8. The Bertz CT molecular complexity index is 768. The predicted octanol–water partition coefficient (Wildman–Crippen LogP) is -7.16. The van der Waals surface area contributed by atoms with Crippen molar-refractivity contribution in [3.63, 3.8) is 0 Å². The van der Waals surface area contributed by atoms with Crippen LogP contribution < -0.4 is 5.48 Å². The van der Waals surface area contributed by atoms with Crippen LogP contribution in [0.25, 0.3) is 0 Å². The van der Waals surface area contributed by atoms with Gasteiger partial charge in [-0.1, -0.05) is 0 Å². The van der Waals surface area contributed by atoms with Crippen LogP contribution in [0, 0.1) is 0 Å². The fourth-order valence-corrected chi connectivity index (χ4v) is 4.76. The van der Waals surface area contributed by atoms with E-state index in [9.17, 15) is 46.0 Å². The standard InChI is InChI=1S/C21H37NO17/c23-2-8-13(27)17(31)20(36-8)39-18-11(25)6(24)3-34-21(18)38-10-5-35-19(16(30)15(10)29)37-9-4-33-7(1-22-32)12(26)14(9)28/h6-32H,1-5H2/t6-,7+,8+,9-,10-,11?,12?,13?,14?,15?,16?,17?,18+,19+,20+,21+/m1/s1. The van der Waals surface area contributed by atoms with Gasteiger partial charge in [0.25, 0.3) is 0 Å². The Morgan fingerprint density at radius 1 is 0.590 bits per heavy atom. The lowest BCUT2D eigenvalue weighted by Gasteiger charge is -2.44. The van der Waals surface area contributed by atoms with Crippen LogP contribution in [-0.2, 0) is 33.2 Å². The van der Waals surface area contributed by atoms with Gasteiger partial charge in [-0.05, 0) is 0 Å². The van der Waals surface area contributed by atoms with Gasteiger partial charge < -0.3 is 84.3 Å². The van der Waals surface area contributed by atoms with Crippen molar-refractivity contribution in [3.05, 3.63) is 0 Å². The first-order chi connectivity index (χ1) is 18.6. The average Bonchev–Trinajstić information content (AvgIpc) is 3.19. The monoisotopic (exact) mass is 575 g/mol. The molecule has 16 atom stereocenters. The molecule has 4 aliphatic heterocycles. The molecule has 0 amide bonds. The van der Waals surface area contributed by atoms with Crippen molar-refractivity contribution in [2.24, 2.45) is 0 Å². The van der Waals surface area contributed by atoms with Gasteiger partial charge in [0.1, 0.15) is 79.4 Å². The first-order valence-electron chi connectivity index (χ1n) is 12.5. The van der Waals surface area contributed by atoms with E-state index in [0.717, 1.165) is 0 Å². The zero-order valence-corrected chi connectivity index (χ0v) is 20.6. The molecule has 0 aromatic carbocycles. The Labute approximate surface area is 221 Å². The second-order valence-electron chi connectivity index (χ2n) is 9.81. The maximum absolute atomic E-state index is 10.7.